The number of aromatic nitrogens is 2. The van der Waals surface area contributed by atoms with Crippen molar-refractivity contribution in [3.05, 3.63) is 150 Å². The minimum absolute atomic E-state index is 0.0696. The average molecular weight is 741 g/mol. The van der Waals surface area contributed by atoms with Crippen molar-refractivity contribution in [3.8, 4) is 28.2 Å². The van der Waals surface area contributed by atoms with Gasteiger partial charge in [-0.3, -0.25) is 0 Å². The van der Waals surface area contributed by atoms with Crippen LogP contribution in [0.4, 0.5) is 5.69 Å². The first-order chi connectivity index (χ1) is 27.0. The molecule has 3 unspecified atom stereocenters. The zero-order valence-electron chi connectivity index (χ0n) is 34.5. The Morgan fingerprint density at radius 1 is 0.786 bits per heavy atom. The Bertz CT molecular complexity index is 2610. The number of likely N-dealkylation sites (N-methyl/N-ethyl adjacent to an activating group) is 2. The second-order valence-corrected chi connectivity index (χ2v) is 17.1. The molecule has 2 aromatic heterocycles. The summed E-state index contributed by atoms with van der Waals surface area (Å²) in [5.74, 6) is 2.10. The van der Waals surface area contributed by atoms with E-state index in [9.17, 15) is 0 Å². The van der Waals surface area contributed by atoms with Gasteiger partial charge in [0.25, 0.3) is 5.82 Å². The van der Waals surface area contributed by atoms with Crippen LogP contribution in [0, 0.1) is 6.92 Å². The molecule has 5 nitrogen and oxygen atoms in total. The summed E-state index contributed by atoms with van der Waals surface area (Å²) in [6, 6.07) is 38.1. The minimum Gasteiger partial charge on any atom is -0.450 e. The fourth-order valence-electron chi connectivity index (χ4n) is 10.7. The van der Waals surface area contributed by atoms with Crippen molar-refractivity contribution < 1.29 is 8.98 Å². The van der Waals surface area contributed by atoms with Crippen LogP contribution in [-0.4, -0.2) is 29.7 Å². The molecule has 3 atom stereocenters. The summed E-state index contributed by atoms with van der Waals surface area (Å²) in [6.45, 7) is 16.5. The molecule has 5 heteroatoms. The zero-order chi connectivity index (χ0) is 39.1. The molecule has 284 valence electrons. The van der Waals surface area contributed by atoms with Gasteiger partial charge in [0.15, 0.2) is 17.4 Å². The molecule has 0 saturated heterocycles. The summed E-state index contributed by atoms with van der Waals surface area (Å²) in [5.41, 5.74) is 13.5. The van der Waals surface area contributed by atoms with E-state index in [2.05, 4.69) is 205 Å². The van der Waals surface area contributed by atoms with Crippen molar-refractivity contribution in [2.24, 2.45) is 0 Å². The molecule has 56 heavy (non-hydrogen) atoms. The summed E-state index contributed by atoms with van der Waals surface area (Å²) in [5, 5.41) is 2.35. The third-order valence-corrected chi connectivity index (χ3v) is 13.5. The largest absolute Gasteiger partial charge is 0.450 e. The van der Waals surface area contributed by atoms with E-state index in [1.54, 1.807) is 0 Å². The normalized spacial score (nSPS) is 20.1. The number of furan rings is 1. The highest BCUT2D eigenvalue weighted by Gasteiger charge is 2.61. The Labute approximate surface area is 332 Å². The van der Waals surface area contributed by atoms with Crippen molar-refractivity contribution in [3.63, 3.8) is 0 Å². The van der Waals surface area contributed by atoms with Gasteiger partial charge in [0.05, 0.1) is 18.8 Å². The SMILES string of the molecule is CCC1(CC)C(C2N(C)C=C[N+]2(C)c2c(C)ccc3c2oc2ccccc23)c2ccccc2-c2n(-c3c(C(C)C)cc(-c4ccccc4)cc3C(C)C)cc[n+]21. The Balaban J connectivity index is 1.29. The summed E-state index contributed by atoms with van der Waals surface area (Å²) >= 11 is 0. The zero-order valence-corrected chi connectivity index (χ0v) is 34.5. The number of fused-ring (bicyclic) bond motifs is 6. The van der Waals surface area contributed by atoms with Crippen molar-refractivity contribution in [2.75, 3.05) is 14.1 Å². The first kappa shape index (κ1) is 36.3. The molecule has 0 bridgehead atoms. The number of para-hydroxylation sites is 1. The molecule has 0 fully saturated rings. The molecule has 0 aliphatic carbocycles. The van der Waals surface area contributed by atoms with Gasteiger partial charge in [0.1, 0.15) is 41.3 Å². The van der Waals surface area contributed by atoms with Crippen LogP contribution in [0.5, 0.6) is 0 Å². The molecule has 0 amide bonds. The lowest BCUT2D eigenvalue weighted by Crippen LogP contribution is -2.68. The monoisotopic (exact) mass is 740 g/mol. The molecule has 9 rings (SSSR count). The summed E-state index contributed by atoms with van der Waals surface area (Å²) in [6.07, 6.45) is 11.5. The van der Waals surface area contributed by atoms with Gasteiger partial charge in [-0.15, -0.1) is 0 Å². The Kier molecular flexibility index (Phi) is 8.66. The number of aryl methyl sites for hydroxylation is 1. The number of nitrogens with zero attached hydrogens (tertiary/aromatic N) is 4. The highest BCUT2D eigenvalue weighted by molar-refractivity contribution is 6.09. The standard InChI is InChI=1S/C51H56N4O/c1-10-51(11-2)45(50-52(8)29-30-55(50,9)47-35(7)25-26-40-38-21-17-18-24-44(38)56-48(40)47)39-22-15-16-23-41(39)49-53(27-28-54(49)51)46-42(33(3)4)31-37(32-43(46)34(5)6)36-19-13-12-14-20-36/h12-34,45,50H,10-11H2,1-9H3/q+2. The van der Waals surface area contributed by atoms with Gasteiger partial charge in [-0.05, 0) is 78.6 Å². The lowest BCUT2D eigenvalue weighted by molar-refractivity contribution is -0.763. The quantitative estimate of drug-likeness (QED) is 0.114. The van der Waals surface area contributed by atoms with Crippen LogP contribution >= 0.6 is 0 Å². The lowest BCUT2D eigenvalue weighted by atomic mass is 9.69. The van der Waals surface area contributed by atoms with Crippen LogP contribution in [0.25, 0.3) is 50.1 Å². The fourth-order valence-corrected chi connectivity index (χ4v) is 10.7. The molecule has 2 aliphatic heterocycles. The van der Waals surface area contributed by atoms with E-state index in [1.807, 2.05) is 0 Å². The van der Waals surface area contributed by atoms with E-state index in [0.717, 1.165) is 24.0 Å². The van der Waals surface area contributed by atoms with Crippen LogP contribution in [0.15, 0.2) is 132 Å². The fraction of sp³-hybridized carbons (Fsp3) is 0.314. The number of hydrogen-bond acceptors (Lipinski definition) is 2. The first-order valence-corrected chi connectivity index (χ1v) is 20.7. The summed E-state index contributed by atoms with van der Waals surface area (Å²) < 4.78 is 12.7. The van der Waals surface area contributed by atoms with Crippen LogP contribution < -0.4 is 9.05 Å². The number of quaternary nitrogens is 1. The minimum atomic E-state index is -0.213. The molecule has 7 aromatic rings. The predicted octanol–water partition coefficient (Wildman–Crippen LogP) is 12.5. The number of benzene rings is 5. The molecular formula is C51H56N4O+2. The Morgan fingerprint density at radius 2 is 1.45 bits per heavy atom. The topological polar surface area (TPSA) is 25.2 Å². The lowest BCUT2D eigenvalue weighted by Gasteiger charge is -2.49. The maximum absolute atomic E-state index is 6.82. The number of hydrogen-bond donors (Lipinski definition) is 0. The second-order valence-electron chi connectivity index (χ2n) is 17.1. The highest BCUT2D eigenvalue weighted by Crippen LogP contribution is 2.54. The smallest absolute Gasteiger partial charge is 0.294 e. The van der Waals surface area contributed by atoms with Crippen molar-refractivity contribution in [2.45, 2.75) is 90.8 Å². The molecule has 0 N–H and O–H groups in total. The molecule has 2 aliphatic rings. The van der Waals surface area contributed by atoms with Crippen LogP contribution in [-0.2, 0) is 5.54 Å². The van der Waals surface area contributed by atoms with E-state index in [0.29, 0.717) is 16.3 Å². The second kappa shape index (κ2) is 13.4. The van der Waals surface area contributed by atoms with Gasteiger partial charge in [0, 0.05) is 34.5 Å². The van der Waals surface area contributed by atoms with Crippen LogP contribution in [0.1, 0.15) is 94.4 Å². The molecule has 0 spiro atoms. The molecule has 4 heterocycles. The third kappa shape index (κ3) is 5.13. The number of imidazole rings is 1. The molecule has 0 saturated carbocycles. The van der Waals surface area contributed by atoms with Crippen molar-refractivity contribution >= 4 is 27.6 Å². The van der Waals surface area contributed by atoms with Crippen molar-refractivity contribution in [1.29, 1.82) is 0 Å². The maximum Gasteiger partial charge on any atom is 0.294 e. The van der Waals surface area contributed by atoms with Gasteiger partial charge in [0.2, 0.25) is 0 Å². The van der Waals surface area contributed by atoms with E-state index in [4.69, 9.17) is 4.42 Å². The first-order valence-electron chi connectivity index (χ1n) is 20.7. The highest BCUT2D eigenvalue weighted by atomic mass is 16.3. The van der Waals surface area contributed by atoms with E-state index in [1.165, 1.54) is 66.9 Å². The van der Waals surface area contributed by atoms with E-state index >= 15 is 0 Å². The Morgan fingerprint density at radius 3 is 2.14 bits per heavy atom. The van der Waals surface area contributed by atoms with Crippen LogP contribution in [0.3, 0.4) is 0 Å². The van der Waals surface area contributed by atoms with Gasteiger partial charge in [-0.1, -0.05) is 114 Å². The summed E-state index contributed by atoms with van der Waals surface area (Å²) in [7, 11) is 4.68. The van der Waals surface area contributed by atoms with Crippen molar-refractivity contribution in [1.82, 2.24) is 14.0 Å². The van der Waals surface area contributed by atoms with Gasteiger partial charge in [-0.25, -0.2) is 9.05 Å². The number of rotatable bonds is 8. The average Bonchev–Trinajstić information content (AvgIpc) is 3.90. The van der Waals surface area contributed by atoms with E-state index in [-0.39, 0.29) is 17.6 Å². The molecule has 5 aromatic carbocycles. The van der Waals surface area contributed by atoms with Crippen LogP contribution in [0.2, 0.25) is 0 Å². The van der Waals surface area contributed by atoms with E-state index < -0.39 is 0 Å². The summed E-state index contributed by atoms with van der Waals surface area (Å²) in [4.78, 5) is 2.49. The van der Waals surface area contributed by atoms with Gasteiger partial charge in [-0.2, -0.15) is 4.57 Å². The molecule has 0 radical (unpaired) electrons. The van der Waals surface area contributed by atoms with Gasteiger partial charge < -0.3 is 9.32 Å². The molecular weight excluding hydrogens is 685 g/mol. The maximum atomic E-state index is 6.82. The van der Waals surface area contributed by atoms with Gasteiger partial charge >= 0.3 is 0 Å². The Hall–Kier alpha value is -5.39. The predicted molar refractivity (Wildman–Crippen MR) is 233 cm³/mol. The third-order valence-electron chi connectivity index (χ3n) is 13.5.